The lowest BCUT2D eigenvalue weighted by Gasteiger charge is -2.07. The van der Waals surface area contributed by atoms with Gasteiger partial charge in [0.2, 0.25) is 0 Å². The third-order valence-electron chi connectivity index (χ3n) is 3.35. The lowest BCUT2D eigenvalue weighted by atomic mass is 9.99. The van der Waals surface area contributed by atoms with Crippen molar-refractivity contribution in [3.05, 3.63) is 71.8 Å². The van der Waals surface area contributed by atoms with Gasteiger partial charge in [0.25, 0.3) is 0 Å². The van der Waals surface area contributed by atoms with E-state index in [1.165, 1.54) is 0 Å². The van der Waals surface area contributed by atoms with Gasteiger partial charge in [-0.05, 0) is 5.56 Å². The van der Waals surface area contributed by atoms with Gasteiger partial charge in [0.1, 0.15) is 6.10 Å². The van der Waals surface area contributed by atoms with Crippen LogP contribution in [0.3, 0.4) is 0 Å². The molecule has 20 heavy (non-hydrogen) atoms. The fraction of sp³-hybridized carbons (Fsp3) is 0.176. The fourth-order valence-corrected chi connectivity index (χ4v) is 2.29. The minimum Gasteiger partial charge on any atom is -0.391 e. The van der Waals surface area contributed by atoms with E-state index in [0.717, 1.165) is 16.8 Å². The molecule has 0 amide bonds. The van der Waals surface area contributed by atoms with E-state index in [0.29, 0.717) is 12.8 Å². The van der Waals surface area contributed by atoms with Crippen LogP contribution < -0.4 is 0 Å². The SMILES string of the molecule is O=C(CC1CC(c2ccccc2)=NO1)c1ccccc1. The quantitative estimate of drug-likeness (QED) is 0.794. The average Bonchev–Trinajstić information content (AvgIpc) is 2.97. The molecule has 0 bridgehead atoms. The van der Waals surface area contributed by atoms with Crippen LogP contribution in [0.4, 0.5) is 0 Å². The number of hydrogen-bond acceptors (Lipinski definition) is 3. The number of oxime groups is 1. The van der Waals surface area contributed by atoms with E-state index in [1.807, 2.05) is 60.7 Å². The highest BCUT2D eigenvalue weighted by Gasteiger charge is 2.24. The van der Waals surface area contributed by atoms with E-state index < -0.39 is 0 Å². The van der Waals surface area contributed by atoms with Crippen molar-refractivity contribution in [2.24, 2.45) is 5.16 Å². The van der Waals surface area contributed by atoms with Gasteiger partial charge in [-0.1, -0.05) is 65.8 Å². The van der Waals surface area contributed by atoms with Gasteiger partial charge in [-0.15, -0.1) is 0 Å². The number of benzene rings is 2. The molecule has 0 aromatic heterocycles. The minimum absolute atomic E-state index is 0.0973. The van der Waals surface area contributed by atoms with E-state index in [2.05, 4.69) is 5.16 Å². The zero-order valence-electron chi connectivity index (χ0n) is 11.0. The summed E-state index contributed by atoms with van der Waals surface area (Å²) < 4.78 is 0. The third kappa shape index (κ3) is 2.77. The van der Waals surface area contributed by atoms with Crippen LogP contribution in [0.2, 0.25) is 0 Å². The van der Waals surface area contributed by atoms with Gasteiger partial charge < -0.3 is 4.84 Å². The molecule has 3 rings (SSSR count). The molecule has 0 aliphatic carbocycles. The van der Waals surface area contributed by atoms with Crippen molar-refractivity contribution in [3.8, 4) is 0 Å². The second kappa shape index (κ2) is 5.70. The third-order valence-corrected chi connectivity index (χ3v) is 3.35. The Morgan fingerprint density at radius 1 is 1.05 bits per heavy atom. The Balaban J connectivity index is 1.61. The van der Waals surface area contributed by atoms with Crippen molar-refractivity contribution in [1.29, 1.82) is 0 Å². The molecule has 0 N–H and O–H groups in total. The maximum atomic E-state index is 12.1. The number of nitrogens with zero attached hydrogens (tertiary/aromatic N) is 1. The lowest BCUT2D eigenvalue weighted by Crippen LogP contribution is -2.14. The number of carbonyl (C=O) groups is 1. The molecular weight excluding hydrogens is 250 g/mol. The van der Waals surface area contributed by atoms with Crippen LogP contribution in [0.1, 0.15) is 28.8 Å². The molecule has 100 valence electrons. The van der Waals surface area contributed by atoms with E-state index in [9.17, 15) is 4.79 Å². The fourth-order valence-electron chi connectivity index (χ4n) is 2.29. The molecule has 0 fully saturated rings. The summed E-state index contributed by atoms with van der Waals surface area (Å²) in [6.45, 7) is 0. The largest absolute Gasteiger partial charge is 0.391 e. The van der Waals surface area contributed by atoms with Gasteiger partial charge in [0.05, 0.1) is 12.1 Å². The molecule has 2 aromatic carbocycles. The molecule has 1 aliphatic heterocycles. The Morgan fingerprint density at radius 2 is 1.70 bits per heavy atom. The molecule has 1 heterocycles. The summed E-state index contributed by atoms with van der Waals surface area (Å²) in [5, 5.41) is 4.10. The summed E-state index contributed by atoms with van der Waals surface area (Å²) in [7, 11) is 0. The molecule has 1 unspecified atom stereocenters. The zero-order valence-corrected chi connectivity index (χ0v) is 11.0. The molecule has 3 nitrogen and oxygen atoms in total. The average molecular weight is 265 g/mol. The van der Waals surface area contributed by atoms with Crippen LogP contribution in [0.5, 0.6) is 0 Å². The van der Waals surface area contributed by atoms with Crippen molar-refractivity contribution in [1.82, 2.24) is 0 Å². The normalized spacial score (nSPS) is 17.4. The number of ketones is 1. The highest BCUT2D eigenvalue weighted by Crippen LogP contribution is 2.20. The van der Waals surface area contributed by atoms with Crippen molar-refractivity contribution in [3.63, 3.8) is 0 Å². The highest BCUT2D eigenvalue weighted by atomic mass is 16.6. The topological polar surface area (TPSA) is 38.7 Å². The minimum atomic E-state index is -0.155. The first-order chi connectivity index (χ1) is 9.83. The molecular formula is C17H15NO2. The monoisotopic (exact) mass is 265 g/mol. The maximum absolute atomic E-state index is 12.1. The Bertz CT molecular complexity index is 620. The first-order valence-corrected chi connectivity index (χ1v) is 6.69. The predicted molar refractivity (Wildman–Crippen MR) is 77.9 cm³/mol. The van der Waals surface area contributed by atoms with Crippen LogP contribution in [-0.4, -0.2) is 17.6 Å². The lowest BCUT2D eigenvalue weighted by molar-refractivity contribution is 0.0659. The van der Waals surface area contributed by atoms with Gasteiger partial charge in [-0.2, -0.15) is 0 Å². The number of Topliss-reactive ketones (excluding diaryl/α,β-unsaturated/α-hetero) is 1. The van der Waals surface area contributed by atoms with Gasteiger partial charge in [-0.25, -0.2) is 0 Å². The van der Waals surface area contributed by atoms with E-state index in [4.69, 9.17) is 4.84 Å². The predicted octanol–water partition coefficient (Wildman–Crippen LogP) is 3.45. The van der Waals surface area contributed by atoms with E-state index in [-0.39, 0.29) is 11.9 Å². The van der Waals surface area contributed by atoms with Gasteiger partial charge in [0, 0.05) is 12.0 Å². The summed E-state index contributed by atoms with van der Waals surface area (Å²) in [6.07, 6.45) is 0.893. The summed E-state index contributed by atoms with van der Waals surface area (Å²) >= 11 is 0. The summed E-state index contributed by atoms with van der Waals surface area (Å²) in [5.41, 5.74) is 2.70. The molecule has 0 saturated heterocycles. The van der Waals surface area contributed by atoms with Gasteiger partial charge in [0.15, 0.2) is 5.78 Å². The second-order valence-electron chi connectivity index (χ2n) is 4.83. The molecule has 0 spiro atoms. The van der Waals surface area contributed by atoms with Crippen LogP contribution in [0.25, 0.3) is 0 Å². The van der Waals surface area contributed by atoms with E-state index >= 15 is 0 Å². The van der Waals surface area contributed by atoms with Crippen LogP contribution in [0, 0.1) is 0 Å². The summed E-state index contributed by atoms with van der Waals surface area (Å²) in [5.74, 6) is 0.0973. The Labute approximate surface area is 117 Å². The van der Waals surface area contributed by atoms with Crippen molar-refractivity contribution < 1.29 is 9.63 Å². The molecule has 0 saturated carbocycles. The van der Waals surface area contributed by atoms with Crippen LogP contribution in [-0.2, 0) is 4.84 Å². The highest BCUT2D eigenvalue weighted by molar-refractivity contribution is 6.02. The summed E-state index contributed by atoms with van der Waals surface area (Å²) in [4.78, 5) is 17.5. The van der Waals surface area contributed by atoms with Gasteiger partial charge >= 0.3 is 0 Å². The standard InChI is InChI=1S/C17H15NO2/c19-17(14-9-5-2-6-10-14)12-15-11-16(18-20-15)13-7-3-1-4-8-13/h1-10,15H,11-12H2. The Kier molecular flexibility index (Phi) is 3.59. The number of hydrogen-bond donors (Lipinski definition) is 0. The smallest absolute Gasteiger partial charge is 0.166 e. The number of carbonyl (C=O) groups excluding carboxylic acids is 1. The first-order valence-electron chi connectivity index (χ1n) is 6.69. The molecule has 1 atom stereocenters. The molecule has 2 aromatic rings. The Morgan fingerprint density at radius 3 is 2.40 bits per heavy atom. The second-order valence-corrected chi connectivity index (χ2v) is 4.83. The Hall–Kier alpha value is -2.42. The van der Waals surface area contributed by atoms with Crippen LogP contribution >= 0.6 is 0 Å². The van der Waals surface area contributed by atoms with Crippen molar-refractivity contribution in [2.75, 3.05) is 0 Å². The van der Waals surface area contributed by atoms with Crippen LogP contribution in [0.15, 0.2) is 65.8 Å². The van der Waals surface area contributed by atoms with Crippen molar-refractivity contribution >= 4 is 11.5 Å². The molecule has 1 aliphatic rings. The first kappa shape index (κ1) is 12.6. The molecule has 3 heteroatoms. The van der Waals surface area contributed by atoms with E-state index in [1.54, 1.807) is 0 Å². The molecule has 0 radical (unpaired) electrons. The maximum Gasteiger partial charge on any atom is 0.166 e. The van der Waals surface area contributed by atoms with Crippen molar-refractivity contribution in [2.45, 2.75) is 18.9 Å². The van der Waals surface area contributed by atoms with Gasteiger partial charge in [-0.3, -0.25) is 4.79 Å². The zero-order chi connectivity index (χ0) is 13.8. The summed E-state index contributed by atoms with van der Waals surface area (Å²) in [6, 6.07) is 19.2. The number of rotatable bonds is 4.